The molecule has 21 heavy (non-hydrogen) atoms. The number of methoxy groups -OCH3 is 1. The van der Waals surface area contributed by atoms with Crippen LogP contribution in [0.5, 0.6) is 5.75 Å². The number of hydrogen-bond donors (Lipinski definition) is 0. The van der Waals surface area contributed by atoms with Crippen molar-refractivity contribution in [2.75, 3.05) is 7.11 Å². The van der Waals surface area contributed by atoms with Crippen LogP contribution in [0.4, 0.5) is 0 Å². The van der Waals surface area contributed by atoms with Gasteiger partial charge in [-0.15, -0.1) is 0 Å². The maximum atomic E-state index is 12.6. The fraction of sp³-hybridized carbons (Fsp3) is 0.471. The molecule has 0 bridgehead atoms. The Bertz CT molecular complexity index is 633. The summed E-state index contributed by atoms with van der Waals surface area (Å²) in [5.74, 6) is 0.918. The van der Waals surface area contributed by atoms with Crippen molar-refractivity contribution in [3.8, 4) is 5.75 Å². The molecule has 0 N–H and O–H groups in total. The van der Waals surface area contributed by atoms with E-state index in [9.17, 15) is 9.70 Å². The van der Waals surface area contributed by atoms with Crippen molar-refractivity contribution in [1.82, 2.24) is 0 Å². The molecule has 0 saturated heterocycles. The number of nitrogens with zero attached hydrogens (tertiary/aromatic N) is 1. The van der Waals surface area contributed by atoms with Crippen LogP contribution in [0.15, 0.2) is 35.4 Å². The molecule has 110 valence electrons. The van der Waals surface area contributed by atoms with E-state index in [-0.39, 0.29) is 17.9 Å². The quantitative estimate of drug-likeness (QED) is 0.783. The number of nitroso groups, excluding NO2 is 1. The average molecular weight is 286 g/mol. The number of ketones is 1. The van der Waals surface area contributed by atoms with Crippen LogP contribution in [-0.2, 0) is 4.79 Å². The summed E-state index contributed by atoms with van der Waals surface area (Å²) in [7, 11) is 1.62. The molecular weight excluding hydrogens is 266 g/mol. The van der Waals surface area contributed by atoms with Crippen LogP contribution in [-0.4, -0.2) is 23.7 Å². The predicted octanol–water partition coefficient (Wildman–Crippen LogP) is 3.36. The molecule has 4 heteroatoms. The molecule has 0 saturated carbocycles. The summed E-state index contributed by atoms with van der Waals surface area (Å²) >= 11 is 0. The van der Waals surface area contributed by atoms with E-state index >= 15 is 0 Å². The zero-order chi connectivity index (χ0) is 15.0. The minimum absolute atomic E-state index is 0.161. The van der Waals surface area contributed by atoms with E-state index in [1.165, 1.54) is 5.57 Å². The van der Waals surface area contributed by atoms with Crippen LogP contribution in [0.3, 0.4) is 0 Å². The molecule has 0 amide bonds. The molecule has 0 spiro atoms. The van der Waals surface area contributed by atoms with Gasteiger partial charge in [0.05, 0.1) is 12.7 Å². The van der Waals surface area contributed by atoms with Gasteiger partial charge in [0.2, 0.25) is 12.1 Å². The summed E-state index contributed by atoms with van der Waals surface area (Å²) in [4.78, 5) is 24.7. The standard InChI is InChI=1S/C17H20NO3/c1-11-17-13(6-4-8-16(17)19)10-15(18(11)20)12-5-3-7-14(9-12)21-2/h3,5,7,9,11,15H,4,6,8,10H2,1-2H3/q+1/t11-,15+/m1/s1. The third-order valence-electron chi connectivity index (χ3n) is 4.59. The molecule has 1 aromatic carbocycles. The van der Waals surface area contributed by atoms with Crippen molar-refractivity contribution in [3.05, 3.63) is 45.9 Å². The zero-order valence-corrected chi connectivity index (χ0v) is 12.5. The van der Waals surface area contributed by atoms with Gasteiger partial charge >= 0.3 is 0 Å². The SMILES string of the molecule is COc1cccc([C@@H]2CC3=C(C(=O)CCC3)[C@@H](C)[N+]2=O)c1. The Morgan fingerprint density at radius 2 is 2.10 bits per heavy atom. The minimum atomic E-state index is -0.349. The average Bonchev–Trinajstić information content (AvgIpc) is 2.50. The fourth-order valence-electron chi connectivity index (χ4n) is 3.50. The molecule has 1 aromatic rings. The molecule has 0 radical (unpaired) electrons. The van der Waals surface area contributed by atoms with E-state index in [1.54, 1.807) is 7.11 Å². The number of benzene rings is 1. The van der Waals surface area contributed by atoms with Crippen LogP contribution >= 0.6 is 0 Å². The first-order valence-electron chi connectivity index (χ1n) is 7.46. The Hall–Kier alpha value is -1.97. The second kappa shape index (κ2) is 5.43. The van der Waals surface area contributed by atoms with Gasteiger partial charge in [-0.25, -0.2) is 0 Å². The fourth-order valence-corrected chi connectivity index (χ4v) is 3.50. The normalized spacial score (nSPS) is 25.8. The van der Waals surface area contributed by atoms with E-state index in [4.69, 9.17) is 4.74 Å². The van der Waals surface area contributed by atoms with Crippen molar-refractivity contribution < 1.29 is 14.3 Å². The van der Waals surface area contributed by atoms with Crippen LogP contribution in [0.1, 0.15) is 44.2 Å². The smallest absolute Gasteiger partial charge is 0.230 e. The lowest BCUT2D eigenvalue weighted by Gasteiger charge is -2.27. The van der Waals surface area contributed by atoms with Gasteiger partial charge in [-0.3, -0.25) is 4.79 Å². The highest BCUT2D eigenvalue weighted by molar-refractivity contribution is 5.97. The summed E-state index contributed by atoms with van der Waals surface area (Å²) in [6.45, 7) is 1.85. The van der Waals surface area contributed by atoms with Gasteiger partial charge in [0.25, 0.3) is 0 Å². The van der Waals surface area contributed by atoms with E-state index in [0.717, 1.165) is 34.5 Å². The first-order chi connectivity index (χ1) is 10.1. The van der Waals surface area contributed by atoms with Crippen LogP contribution in [0, 0.1) is 4.91 Å². The number of carbonyl (C=O) groups is 1. The lowest BCUT2D eigenvalue weighted by Crippen LogP contribution is -2.37. The first-order valence-corrected chi connectivity index (χ1v) is 7.46. The summed E-state index contributed by atoms with van der Waals surface area (Å²) < 4.78 is 6.32. The van der Waals surface area contributed by atoms with Gasteiger partial charge in [0.15, 0.2) is 5.78 Å². The van der Waals surface area contributed by atoms with Gasteiger partial charge in [0, 0.05) is 35.0 Å². The molecule has 2 aliphatic rings. The van der Waals surface area contributed by atoms with E-state index in [2.05, 4.69) is 0 Å². The van der Waals surface area contributed by atoms with E-state index in [1.807, 2.05) is 31.2 Å². The summed E-state index contributed by atoms with van der Waals surface area (Å²) in [6, 6.07) is 7.08. The van der Waals surface area contributed by atoms with Gasteiger partial charge in [0.1, 0.15) is 5.75 Å². The van der Waals surface area contributed by atoms with Crippen molar-refractivity contribution in [3.63, 3.8) is 0 Å². The van der Waals surface area contributed by atoms with Crippen molar-refractivity contribution in [1.29, 1.82) is 0 Å². The molecule has 1 aliphatic carbocycles. The van der Waals surface area contributed by atoms with Gasteiger partial charge < -0.3 is 4.74 Å². The van der Waals surface area contributed by atoms with Crippen molar-refractivity contribution in [2.24, 2.45) is 0 Å². The van der Waals surface area contributed by atoms with Crippen LogP contribution in [0.2, 0.25) is 0 Å². The highest BCUT2D eigenvalue weighted by Gasteiger charge is 2.44. The molecule has 0 unspecified atom stereocenters. The third-order valence-corrected chi connectivity index (χ3v) is 4.59. The molecule has 2 atom stereocenters. The van der Waals surface area contributed by atoms with Gasteiger partial charge in [-0.05, 0) is 30.5 Å². The van der Waals surface area contributed by atoms with Crippen LogP contribution < -0.4 is 4.74 Å². The molecule has 0 fully saturated rings. The van der Waals surface area contributed by atoms with E-state index < -0.39 is 0 Å². The number of Topliss-reactive ketones (excluding diaryl/α,β-unsaturated/α-hetero) is 1. The maximum absolute atomic E-state index is 12.6. The highest BCUT2D eigenvalue weighted by atomic mass is 16.5. The highest BCUT2D eigenvalue weighted by Crippen LogP contribution is 2.40. The molecular formula is C17H20NO3+. The molecule has 1 heterocycles. The Labute approximate surface area is 124 Å². The minimum Gasteiger partial charge on any atom is -0.497 e. The second-order valence-electron chi connectivity index (χ2n) is 5.83. The lowest BCUT2D eigenvalue weighted by molar-refractivity contribution is -0.618. The lowest BCUT2D eigenvalue weighted by atomic mass is 9.79. The maximum Gasteiger partial charge on any atom is 0.230 e. The first kappa shape index (κ1) is 14.0. The molecule has 4 nitrogen and oxygen atoms in total. The van der Waals surface area contributed by atoms with Crippen molar-refractivity contribution in [2.45, 2.75) is 44.7 Å². The monoisotopic (exact) mass is 286 g/mol. The Morgan fingerprint density at radius 3 is 2.86 bits per heavy atom. The summed E-state index contributed by atoms with van der Waals surface area (Å²) in [6.07, 6.45) is 3.09. The molecule has 1 aliphatic heterocycles. The van der Waals surface area contributed by atoms with Crippen LogP contribution in [0.25, 0.3) is 0 Å². The number of hydrogen-bond acceptors (Lipinski definition) is 3. The summed E-state index contributed by atoms with van der Waals surface area (Å²) in [5.41, 5.74) is 2.91. The molecule has 0 aromatic heterocycles. The zero-order valence-electron chi connectivity index (χ0n) is 12.5. The Morgan fingerprint density at radius 1 is 1.29 bits per heavy atom. The predicted molar refractivity (Wildman–Crippen MR) is 79.3 cm³/mol. The van der Waals surface area contributed by atoms with Gasteiger partial charge in [-0.1, -0.05) is 12.1 Å². The van der Waals surface area contributed by atoms with E-state index in [0.29, 0.717) is 12.8 Å². The van der Waals surface area contributed by atoms with Gasteiger partial charge in [-0.2, -0.15) is 0 Å². The number of ether oxygens (including phenoxy) is 1. The van der Waals surface area contributed by atoms with Crippen molar-refractivity contribution >= 4 is 5.78 Å². The second-order valence-corrected chi connectivity index (χ2v) is 5.83. The summed E-state index contributed by atoms with van der Waals surface area (Å²) in [5, 5.41) is 0. The number of rotatable bonds is 2. The topological polar surface area (TPSA) is 46.4 Å². The Balaban J connectivity index is 1.98. The Kier molecular flexibility index (Phi) is 3.62. The largest absolute Gasteiger partial charge is 0.497 e. The third kappa shape index (κ3) is 2.39. The molecule has 3 rings (SSSR count). The number of carbonyl (C=O) groups excluding carboxylic acids is 1.